The molecule has 2 N–H and O–H groups in total. The number of hydrogen-bond donors (Lipinski definition) is 1. The average molecular weight is 310 g/mol. The van der Waals surface area contributed by atoms with Gasteiger partial charge < -0.3 is 5.73 Å². The average Bonchev–Trinajstić information content (AvgIpc) is 2.42. The molecule has 0 amide bonds. The van der Waals surface area contributed by atoms with Gasteiger partial charge in [0.1, 0.15) is 0 Å². The third-order valence-electron chi connectivity index (χ3n) is 4.61. The maximum Gasteiger partial charge on any atom is 0.243 e. The molecule has 0 radical (unpaired) electrons. The maximum absolute atomic E-state index is 13.0. The van der Waals surface area contributed by atoms with E-state index in [1.54, 1.807) is 16.4 Å². The SMILES string of the molecule is Cc1cc(CN)ccc1S(=O)(=O)N1CC(C)CC(C)C1C. The molecular weight excluding hydrogens is 284 g/mol. The minimum absolute atomic E-state index is 0.0415. The van der Waals surface area contributed by atoms with Crippen molar-refractivity contribution < 1.29 is 8.42 Å². The van der Waals surface area contributed by atoms with E-state index in [-0.39, 0.29) is 6.04 Å². The predicted octanol–water partition coefficient (Wildman–Crippen LogP) is 2.51. The Kier molecular flexibility index (Phi) is 4.76. The third-order valence-corrected chi connectivity index (χ3v) is 6.72. The quantitative estimate of drug-likeness (QED) is 0.933. The van der Waals surface area contributed by atoms with Crippen molar-refractivity contribution in [3.63, 3.8) is 0 Å². The van der Waals surface area contributed by atoms with E-state index < -0.39 is 10.0 Å². The Bertz CT molecular complexity index is 613. The number of piperidine rings is 1. The van der Waals surface area contributed by atoms with Gasteiger partial charge in [0.2, 0.25) is 10.0 Å². The van der Waals surface area contributed by atoms with Crippen LogP contribution in [0.25, 0.3) is 0 Å². The molecule has 2 rings (SSSR count). The largest absolute Gasteiger partial charge is 0.326 e. The Morgan fingerprint density at radius 2 is 1.95 bits per heavy atom. The van der Waals surface area contributed by atoms with Crippen LogP contribution < -0.4 is 5.73 Å². The molecule has 0 bridgehead atoms. The van der Waals surface area contributed by atoms with Gasteiger partial charge in [-0.2, -0.15) is 4.31 Å². The Labute approximate surface area is 128 Å². The number of aryl methyl sites for hydroxylation is 1. The van der Waals surface area contributed by atoms with E-state index in [4.69, 9.17) is 5.73 Å². The normalized spacial score (nSPS) is 27.8. The van der Waals surface area contributed by atoms with E-state index in [0.717, 1.165) is 17.5 Å². The zero-order valence-electron chi connectivity index (χ0n) is 13.3. The molecule has 3 atom stereocenters. The fourth-order valence-corrected chi connectivity index (χ4v) is 5.29. The number of rotatable bonds is 3. The van der Waals surface area contributed by atoms with Crippen molar-refractivity contribution in [1.82, 2.24) is 4.31 Å². The van der Waals surface area contributed by atoms with Crippen LogP contribution >= 0.6 is 0 Å². The van der Waals surface area contributed by atoms with Gasteiger partial charge in [-0.25, -0.2) is 8.42 Å². The highest BCUT2D eigenvalue weighted by Gasteiger charge is 2.37. The highest BCUT2D eigenvalue weighted by molar-refractivity contribution is 7.89. The second-order valence-electron chi connectivity index (χ2n) is 6.44. The molecule has 1 fully saturated rings. The zero-order valence-corrected chi connectivity index (χ0v) is 14.2. The van der Waals surface area contributed by atoms with Gasteiger partial charge >= 0.3 is 0 Å². The topological polar surface area (TPSA) is 63.4 Å². The molecule has 3 unspecified atom stereocenters. The first kappa shape index (κ1) is 16.5. The molecule has 0 aliphatic carbocycles. The highest BCUT2D eigenvalue weighted by Crippen LogP contribution is 2.32. The minimum Gasteiger partial charge on any atom is -0.326 e. The summed E-state index contributed by atoms with van der Waals surface area (Å²) >= 11 is 0. The van der Waals surface area contributed by atoms with Crippen molar-refractivity contribution in [2.75, 3.05) is 6.54 Å². The molecule has 1 aliphatic rings. The van der Waals surface area contributed by atoms with Crippen LogP contribution in [-0.2, 0) is 16.6 Å². The third kappa shape index (κ3) is 3.15. The molecule has 5 heteroatoms. The van der Waals surface area contributed by atoms with Crippen molar-refractivity contribution in [2.24, 2.45) is 17.6 Å². The van der Waals surface area contributed by atoms with Gasteiger partial charge in [0.15, 0.2) is 0 Å². The van der Waals surface area contributed by atoms with E-state index in [9.17, 15) is 8.42 Å². The van der Waals surface area contributed by atoms with Gasteiger partial charge in [0, 0.05) is 19.1 Å². The molecule has 1 aromatic carbocycles. The van der Waals surface area contributed by atoms with Crippen molar-refractivity contribution in [1.29, 1.82) is 0 Å². The first-order valence-corrected chi connectivity index (χ1v) is 9.02. The van der Waals surface area contributed by atoms with Crippen LogP contribution in [0.4, 0.5) is 0 Å². The van der Waals surface area contributed by atoms with Crippen molar-refractivity contribution >= 4 is 10.0 Å². The highest BCUT2D eigenvalue weighted by atomic mass is 32.2. The number of nitrogens with zero attached hydrogens (tertiary/aromatic N) is 1. The summed E-state index contributed by atoms with van der Waals surface area (Å²) in [6.07, 6.45) is 1.08. The van der Waals surface area contributed by atoms with Crippen LogP contribution in [0.3, 0.4) is 0 Å². The Morgan fingerprint density at radius 3 is 2.52 bits per heavy atom. The van der Waals surface area contributed by atoms with Gasteiger partial charge in [-0.1, -0.05) is 26.0 Å². The summed E-state index contributed by atoms with van der Waals surface area (Å²) in [5.41, 5.74) is 7.35. The standard InChI is InChI=1S/C16H26N2O2S/c1-11-7-12(2)14(4)18(10-11)21(19,20)16-6-5-15(9-17)8-13(16)3/h5-6,8,11-12,14H,7,9-10,17H2,1-4H3. The van der Waals surface area contributed by atoms with Crippen LogP contribution in [0, 0.1) is 18.8 Å². The fourth-order valence-electron chi connectivity index (χ4n) is 3.23. The first-order chi connectivity index (χ1) is 9.77. The van der Waals surface area contributed by atoms with Crippen LogP contribution in [0.2, 0.25) is 0 Å². The Morgan fingerprint density at radius 1 is 1.29 bits per heavy atom. The van der Waals surface area contributed by atoms with Crippen LogP contribution in [-0.4, -0.2) is 25.3 Å². The van der Waals surface area contributed by atoms with E-state index in [1.165, 1.54) is 0 Å². The monoisotopic (exact) mass is 310 g/mol. The smallest absolute Gasteiger partial charge is 0.243 e. The number of sulfonamides is 1. The van der Waals surface area contributed by atoms with E-state index in [0.29, 0.717) is 29.8 Å². The lowest BCUT2D eigenvalue weighted by atomic mass is 9.88. The molecule has 118 valence electrons. The molecule has 1 aromatic rings. The van der Waals surface area contributed by atoms with Crippen LogP contribution in [0.15, 0.2) is 23.1 Å². The Balaban J connectivity index is 2.41. The van der Waals surface area contributed by atoms with E-state index in [1.807, 2.05) is 19.9 Å². The molecule has 21 heavy (non-hydrogen) atoms. The van der Waals surface area contributed by atoms with Gasteiger partial charge in [0.05, 0.1) is 4.90 Å². The summed E-state index contributed by atoms with van der Waals surface area (Å²) in [6, 6.07) is 5.42. The molecule has 0 saturated carbocycles. The molecule has 1 heterocycles. The van der Waals surface area contributed by atoms with Crippen molar-refractivity contribution in [3.05, 3.63) is 29.3 Å². The molecule has 0 spiro atoms. The first-order valence-electron chi connectivity index (χ1n) is 7.58. The molecule has 1 aliphatic heterocycles. The summed E-state index contributed by atoms with van der Waals surface area (Å²) in [6.45, 7) is 9.13. The molecule has 1 saturated heterocycles. The number of nitrogens with two attached hydrogens (primary N) is 1. The summed E-state index contributed by atoms with van der Waals surface area (Å²) in [4.78, 5) is 0.410. The number of benzene rings is 1. The summed E-state index contributed by atoms with van der Waals surface area (Å²) in [5.74, 6) is 0.779. The molecule has 4 nitrogen and oxygen atoms in total. The van der Waals surface area contributed by atoms with Gasteiger partial charge in [-0.15, -0.1) is 0 Å². The fraction of sp³-hybridized carbons (Fsp3) is 0.625. The lowest BCUT2D eigenvalue weighted by Crippen LogP contribution is -2.48. The summed E-state index contributed by atoms with van der Waals surface area (Å²) in [5, 5.41) is 0. The lowest BCUT2D eigenvalue weighted by Gasteiger charge is -2.40. The predicted molar refractivity (Wildman–Crippen MR) is 85.4 cm³/mol. The van der Waals surface area contributed by atoms with Crippen molar-refractivity contribution in [2.45, 2.75) is 51.6 Å². The minimum atomic E-state index is -3.44. The lowest BCUT2D eigenvalue weighted by molar-refractivity contribution is 0.157. The van der Waals surface area contributed by atoms with Crippen LogP contribution in [0.1, 0.15) is 38.3 Å². The molecule has 0 aromatic heterocycles. The summed E-state index contributed by atoms with van der Waals surface area (Å²) in [7, 11) is -3.44. The van der Waals surface area contributed by atoms with E-state index >= 15 is 0 Å². The molecular formula is C16H26N2O2S. The Hall–Kier alpha value is -0.910. The van der Waals surface area contributed by atoms with Crippen molar-refractivity contribution in [3.8, 4) is 0 Å². The van der Waals surface area contributed by atoms with Crippen LogP contribution in [0.5, 0.6) is 0 Å². The van der Waals surface area contributed by atoms with Gasteiger partial charge in [-0.3, -0.25) is 0 Å². The zero-order chi connectivity index (χ0) is 15.8. The maximum atomic E-state index is 13.0. The number of hydrogen-bond acceptors (Lipinski definition) is 3. The summed E-state index contributed by atoms with van der Waals surface area (Å²) < 4.78 is 27.7. The van der Waals surface area contributed by atoms with Gasteiger partial charge in [0.25, 0.3) is 0 Å². The second-order valence-corrected chi connectivity index (χ2v) is 8.30. The second kappa shape index (κ2) is 6.07. The van der Waals surface area contributed by atoms with Gasteiger partial charge in [-0.05, 0) is 49.3 Å². The van der Waals surface area contributed by atoms with E-state index in [2.05, 4.69) is 13.8 Å².